The number of rotatable bonds is 4. The van der Waals surface area contributed by atoms with E-state index in [2.05, 4.69) is 0 Å². The Labute approximate surface area is 124 Å². The molecular formula is C16H21NO4. The van der Waals surface area contributed by atoms with E-state index in [0.717, 1.165) is 19.3 Å². The Morgan fingerprint density at radius 2 is 1.95 bits per heavy atom. The summed E-state index contributed by atoms with van der Waals surface area (Å²) in [5.41, 5.74) is 0. The highest BCUT2D eigenvalue weighted by atomic mass is 16.6. The summed E-state index contributed by atoms with van der Waals surface area (Å²) in [4.78, 5) is 14.5. The largest absolute Gasteiger partial charge is 0.482 e. The maximum Gasteiger partial charge on any atom is 0.267 e. The van der Waals surface area contributed by atoms with Crippen LogP contribution in [0.3, 0.4) is 0 Å². The second-order valence-electron chi connectivity index (χ2n) is 5.65. The number of amides is 1. The lowest BCUT2D eigenvalue weighted by atomic mass is 9.91. The third-order valence-electron chi connectivity index (χ3n) is 4.23. The fourth-order valence-electron chi connectivity index (χ4n) is 2.83. The first kappa shape index (κ1) is 14.2. The van der Waals surface area contributed by atoms with Crippen LogP contribution in [0.5, 0.6) is 11.5 Å². The molecule has 1 saturated carbocycles. The molecule has 1 heterocycles. The molecule has 21 heavy (non-hydrogen) atoms. The zero-order valence-electron chi connectivity index (χ0n) is 12.2. The van der Waals surface area contributed by atoms with Gasteiger partial charge in [0.05, 0.1) is 6.61 Å². The highest BCUT2D eigenvalue weighted by Crippen LogP contribution is 2.35. The van der Waals surface area contributed by atoms with Crippen molar-refractivity contribution in [2.24, 2.45) is 0 Å². The maximum atomic E-state index is 12.8. The van der Waals surface area contributed by atoms with Gasteiger partial charge in [-0.2, -0.15) is 0 Å². The molecule has 2 atom stereocenters. The molecular weight excluding hydrogens is 270 g/mol. The van der Waals surface area contributed by atoms with Gasteiger partial charge in [0.1, 0.15) is 6.10 Å². The van der Waals surface area contributed by atoms with E-state index in [1.54, 1.807) is 11.0 Å². The summed E-state index contributed by atoms with van der Waals surface area (Å²) in [6, 6.07) is 7.61. The zero-order chi connectivity index (χ0) is 14.8. The van der Waals surface area contributed by atoms with Crippen molar-refractivity contribution in [3.8, 4) is 11.5 Å². The molecule has 1 aromatic rings. The third-order valence-corrected chi connectivity index (χ3v) is 4.23. The average molecular weight is 291 g/mol. The fraction of sp³-hybridized carbons (Fsp3) is 0.562. The van der Waals surface area contributed by atoms with E-state index in [1.807, 2.05) is 25.1 Å². The van der Waals surface area contributed by atoms with E-state index < -0.39 is 6.10 Å². The van der Waals surface area contributed by atoms with Crippen molar-refractivity contribution in [3.05, 3.63) is 24.3 Å². The first-order chi connectivity index (χ1) is 10.2. The van der Waals surface area contributed by atoms with Gasteiger partial charge in [-0.05, 0) is 38.3 Å². The van der Waals surface area contributed by atoms with E-state index in [-0.39, 0.29) is 24.7 Å². The van der Waals surface area contributed by atoms with E-state index in [9.17, 15) is 9.90 Å². The van der Waals surface area contributed by atoms with Crippen molar-refractivity contribution in [1.29, 1.82) is 0 Å². The van der Waals surface area contributed by atoms with Crippen molar-refractivity contribution >= 4 is 5.91 Å². The summed E-state index contributed by atoms with van der Waals surface area (Å²) < 4.78 is 11.6. The Morgan fingerprint density at radius 1 is 1.29 bits per heavy atom. The molecule has 2 aliphatic rings. The monoisotopic (exact) mass is 291 g/mol. The summed E-state index contributed by atoms with van der Waals surface area (Å²) >= 11 is 0. The highest BCUT2D eigenvalue weighted by molar-refractivity contribution is 5.83. The van der Waals surface area contributed by atoms with Crippen LogP contribution in [0.15, 0.2) is 24.3 Å². The highest BCUT2D eigenvalue weighted by Gasteiger charge is 2.39. The van der Waals surface area contributed by atoms with Crippen LogP contribution >= 0.6 is 0 Å². The van der Waals surface area contributed by atoms with Crippen LogP contribution in [0.4, 0.5) is 0 Å². The van der Waals surface area contributed by atoms with Crippen LogP contribution in [0.2, 0.25) is 0 Å². The lowest BCUT2D eigenvalue weighted by Crippen LogP contribution is -2.55. The molecule has 1 fully saturated rings. The van der Waals surface area contributed by atoms with Crippen LogP contribution in [0.25, 0.3) is 0 Å². The normalized spacial score (nSPS) is 24.3. The van der Waals surface area contributed by atoms with Gasteiger partial charge in [-0.15, -0.1) is 0 Å². The van der Waals surface area contributed by atoms with Crippen molar-refractivity contribution in [3.63, 3.8) is 0 Å². The summed E-state index contributed by atoms with van der Waals surface area (Å²) in [6.45, 7) is 2.18. The fourth-order valence-corrected chi connectivity index (χ4v) is 2.83. The number of benzene rings is 1. The molecule has 0 spiro atoms. The number of hydrogen-bond donors (Lipinski definition) is 1. The summed E-state index contributed by atoms with van der Waals surface area (Å²) in [5.74, 6) is 1.19. The van der Waals surface area contributed by atoms with Crippen LogP contribution in [0, 0.1) is 0 Å². The van der Waals surface area contributed by atoms with Gasteiger partial charge >= 0.3 is 0 Å². The molecule has 114 valence electrons. The minimum absolute atomic E-state index is 0.0270. The van der Waals surface area contributed by atoms with Gasteiger partial charge in [-0.1, -0.05) is 12.1 Å². The van der Waals surface area contributed by atoms with Gasteiger partial charge in [0, 0.05) is 12.6 Å². The molecule has 0 radical (unpaired) electrons. The number of fused-ring (bicyclic) bond motifs is 1. The van der Waals surface area contributed by atoms with Crippen LogP contribution < -0.4 is 9.47 Å². The van der Waals surface area contributed by atoms with E-state index >= 15 is 0 Å². The second kappa shape index (κ2) is 5.93. The Morgan fingerprint density at radius 3 is 2.52 bits per heavy atom. The molecule has 3 rings (SSSR count). The first-order valence-electron chi connectivity index (χ1n) is 7.54. The second-order valence-corrected chi connectivity index (χ2v) is 5.65. The van der Waals surface area contributed by atoms with E-state index in [1.165, 1.54) is 0 Å². The summed E-state index contributed by atoms with van der Waals surface area (Å²) in [6.07, 6.45) is 2.16. The van der Waals surface area contributed by atoms with Crippen LogP contribution in [-0.2, 0) is 4.79 Å². The molecule has 0 saturated heterocycles. The van der Waals surface area contributed by atoms with Crippen molar-refractivity contribution in [1.82, 2.24) is 4.90 Å². The molecule has 2 unspecified atom stereocenters. The number of carbonyl (C=O) groups excluding carboxylic acids is 1. The Hall–Kier alpha value is -1.75. The van der Waals surface area contributed by atoms with Gasteiger partial charge in [-0.25, -0.2) is 0 Å². The standard InChI is InChI=1S/C16H21NO4/c1-11-15(21-14-8-3-2-7-13(14)20-11)16(19)17(9-10-18)12-5-4-6-12/h2-3,7-8,11-12,15,18H,4-6,9-10H2,1H3. The molecule has 1 aliphatic heterocycles. The number of nitrogens with zero attached hydrogens (tertiary/aromatic N) is 1. The minimum atomic E-state index is -0.646. The number of ether oxygens (including phenoxy) is 2. The summed E-state index contributed by atoms with van der Waals surface area (Å²) in [7, 11) is 0. The van der Waals surface area contributed by atoms with Crippen molar-refractivity contribution in [2.45, 2.75) is 44.4 Å². The van der Waals surface area contributed by atoms with Gasteiger partial charge < -0.3 is 19.5 Å². The maximum absolute atomic E-state index is 12.8. The summed E-state index contributed by atoms with van der Waals surface area (Å²) in [5, 5.41) is 9.21. The van der Waals surface area contributed by atoms with Crippen molar-refractivity contribution in [2.75, 3.05) is 13.2 Å². The Bertz CT molecular complexity index is 515. The molecule has 1 aliphatic carbocycles. The first-order valence-corrected chi connectivity index (χ1v) is 7.54. The van der Waals surface area contributed by atoms with E-state index in [4.69, 9.17) is 9.47 Å². The molecule has 0 aromatic heterocycles. The number of carbonyl (C=O) groups is 1. The molecule has 5 heteroatoms. The molecule has 1 amide bonds. The number of aliphatic hydroxyl groups is 1. The van der Waals surface area contributed by atoms with E-state index in [0.29, 0.717) is 18.0 Å². The zero-order valence-corrected chi connectivity index (χ0v) is 12.2. The molecule has 0 bridgehead atoms. The number of aliphatic hydroxyl groups excluding tert-OH is 1. The third kappa shape index (κ3) is 2.70. The molecule has 1 aromatic carbocycles. The average Bonchev–Trinajstić information content (AvgIpc) is 2.43. The Kier molecular flexibility index (Phi) is 4.01. The SMILES string of the molecule is CC1Oc2ccccc2OC1C(=O)N(CCO)C1CCC1. The quantitative estimate of drug-likeness (QED) is 0.915. The van der Waals surface area contributed by atoms with Gasteiger partial charge in [0.25, 0.3) is 5.91 Å². The lowest BCUT2D eigenvalue weighted by Gasteiger charge is -2.41. The molecule has 5 nitrogen and oxygen atoms in total. The number of hydrogen-bond acceptors (Lipinski definition) is 4. The topological polar surface area (TPSA) is 59.0 Å². The van der Waals surface area contributed by atoms with Crippen LogP contribution in [-0.4, -0.2) is 47.3 Å². The predicted octanol–water partition coefficient (Wildman–Crippen LogP) is 1.59. The Balaban J connectivity index is 1.77. The number of para-hydroxylation sites is 2. The van der Waals surface area contributed by atoms with Crippen molar-refractivity contribution < 1.29 is 19.4 Å². The lowest BCUT2D eigenvalue weighted by molar-refractivity contribution is -0.149. The minimum Gasteiger partial charge on any atom is -0.482 e. The van der Waals surface area contributed by atoms with Gasteiger partial charge in [-0.3, -0.25) is 4.79 Å². The predicted molar refractivity (Wildman–Crippen MR) is 77.4 cm³/mol. The smallest absolute Gasteiger partial charge is 0.267 e. The van der Waals surface area contributed by atoms with Crippen LogP contribution in [0.1, 0.15) is 26.2 Å². The van der Waals surface area contributed by atoms with Gasteiger partial charge in [0.2, 0.25) is 6.10 Å². The molecule has 1 N–H and O–H groups in total. The van der Waals surface area contributed by atoms with Gasteiger partial charge in [0.15, 0.2) is 11.5 Å².